The molecule has 1 fully saturated rings. The molecule has 1 nitrogen and oxygen atoms in total. The topological polar surface area (TPSA) is 12.0 Å². The Morgan fingerprint density at radius 3 is 2.67 bits per heavy atom. The van der Waals surface area contributed by atoms with Crippen molar-refractivity contribution in [3.63, 3.8) is 0 Å². The van der Waals surface area contributed by atoms with E-state index < -0.39 is 0 Å². The standard InChI is InChI=1S/C20H25N/c1-3-21-14-19-11-10-15(2)12-20(19)18-9-5-8-17(13-18)16-6-4-7-16/h5,8-13,16,21H,3-4,6-7,14H2,1-2H3. The van der Waals surface area contributed by atoms with E-state index in [-0.39, 0.29) is 0 Å². The van der Waals surface area contributed by atoms with Gasteiger partial charge in [-0.2, -0.15) is 0 Å². The summed E-state index contributed by atoms with van der Waals surface area (Å²) in [6, 6.07) is 16.0. The average molecular weight is 279 g/mol. The summed E-state index contributed by atoms with van der Waals surface area (Å²) in [6.45, 7) is 6.29. The van der Waals surface area contributed by atoms with Gasteiger partial charge in [0.05, 0.1) is 0 Å². The van der Waals surface area contributed by atoms with Crippen molar-refractivity contribution in [2.24, 2.45) is 0 Å². The molecule has 0 atom stereocenters. The van der Waals surface area contributed by atoms with E-state index in [1.165, 1.54) is 47.1 Å². The van der Waals surface area contributed by atoms with Gasteiger partial charge in [0.1, 0.15) is 0 Å². The van der Waals surface area contributed by atoms with E-state index in [0.717, 1.165) is 19.0 Å². The van der Waals surface area contributed by atoms with Gasteiger partial charge in [-0.05, 0) is 54.5 Å². The van der Waals surface area contributed by atoms with E-state index in [1.54, 1.807) is 0 Å². The van der Waals surface area contributed by atoms with E-state index in [2.05, 4.69) is 61.6 Å². The molecule has 0 bridgehead atoms. The lowest BCUT2D eigenvalue weighted by Gasteiger charge is -2.26. The Bertz CT molecular complexity index is 611. The summed E-state index contributed by atoms with van der Waals surface area (Å²) < 4.78 is 0. The number of aryl methyl sites for hydroxylation is 1. The molecule has 1 aliphatic rings. The highest BCUT2D eigenvalue weighted by molar-refractivity contribution is 5.69. The first-order chi connectivity index (χ1) is 10.3. The molecule has 0 aromatic heterocycles. The van der Waals surface area contributed by atoms with Gasteiger partial charge in [-0.3, -0.25) is 0 Å². The van der Waals surface area contributed by atoms with Crippen LogP contribution in [0.2, 0.25) is 0 Å². The van der Waals surface area contributed by atoms with Crippen LogP contribution in [-0.4, -0.2) is 6.54 Å². The first-order valence-corrected chi connectivity index (χ1v) is 8.18. The third-order valence-electron chi connectivity index (χ3n) is 4.61. The monoisotopic (exact) mass is 279 g/mol. The third-order valence-corrected chi connectivity index (χ3v) is 4.61. The van der Waals surface area contributed by atoms with Crippen molar-refractivity contribution in [2.45, 2.75) is 45.6 Å². The SMILES string of the molecule is CCNCc1ccc(C)cc1-c1cccc(C2CCC2)c1. The number of nitrogens with one attached hydrogen (secondary N) is 1. The zero-order chi connectivity index (χ0) is 14.7. The Labute approximate surface area is 128 Å². The highest BCUT2D eigenvalue weighted by atomic mass is 14.8. The molecule has 1 N–H and O–H groups in total. The molecule has 0 radical (unpaired) electrons. The molecule has 0 aliphatic heterocycles. The maximum atomic E-state index is 3.45. The van der Waals surface area contributed by atoms with Crippen LogP contribution >= 0.6 is 0 Å². The summed E-state index contributed by atoms with van der Waals surface area (Å²) in [5.74, 6) is 0.798. The lowest BCUT2D eigenvalue weighted by Crippen LogP contribution is -2.12. The number of hydrogen-bond donors (Lipinski definition) is 1. The fourth-order valence-corrected chi connectivity index (χ4v) is 3.07. The molecule has 1 saturated carbocycles. The van der Waals surface area contributed by atoms with Crippen LogP contribution in [0.4, 0.5) is 0 Å². The van der Waals surface area contributed by atoms with Crippen LogP contribution < -0.4 is 5.32 Å². The molecule has 0 spiro atoms. The Morgan fingerprint density at radius 1 is 1.10 bits per heavy atom. The number of rotatable bonds is 5. The zero-order valence-corrected chi connectivity index (χ0v) is 13.2. The zero-order valence-electron chi connectivity index (χ0n) is 13.2. The van der Waals surface area contributed by atoms with Gasteiger partial charge in [-0.1, -0.05) is 61.4 Å². The Kier molecular flexibility index (Phi) is 4.40. The summed E-state index contributed by atoms with van der Waals surface area (Å²) in [4.78, 5) is 0. The molecule has 3 rings (SSSR count). The van der Waals surface area contributed by atoms with Gasteiger partial charge < -0.3 is 5.32 Å². The molecule has 0 unspecified atom stereocenters. The lowest BCUT2D eigenvalue weighted by atomic mass is 9.79. The molecule has 1 heteroatoms. The van der Waals surface area contributed by atoms with Gasteiger partial charge in [0.15, 0.2) is 0 Å². The molecular weight excluding hydrogens is 254 g/mol. The Morgan fingerprint density at radius 2 is 1.95 bits per heavy atom. The van der Waals surface area contributed by atoms with Gasteiger partial charge in [-0.25, -0.2) is 0 Å². The van der Waals surface area contributed by atoms with Crippen molar-refractivity contribution in [1.29, 1.82) is 0 Å². The van der Waals surface area contributed by atoms with E-state index in [1.807, 2.05) is 0 Å². The molecule has 0 saturated heterocycles. The first kappa shape index (κ1) is 14.3. The fraction of sp³-hybridized carbons (Fsp3) is 0.400. The van der Waals surface area contributed by atoms with Gasteiger partial charge in [0.25, 0.3) is 0 Å². The minimum atomic E-state index is 0.798. The molecule has 0 heterocycles. The van der Waals surface area contributed by atoms with Crippen molar-refractivity contribution < 1.29 is 0 Å². The van der Waals surface area contributed by atoms with Crippen molar-refractivity contribution in [1.82, 2.24) is 5.32 Å². The predicted molar refractivity (Wildman–Crippen MR) is 90.6 cm³/mol. The molecule has 110 valence electrons. The maximum absolute atomic E-state index is 3.45. The van der Waals surface area contributed by atoms with Gasteiger partial charge in [0, 0.05) is 6.54 Å². The van der Waals surface area contributed by atoms with Crippen LogP contribution in [0.25, 0.3) is 11.1 Å². The number of hydrogen-bond acceptors (Lipinski definition) is 1. The second-order valence-electron chi connectivity index (χ2n) is 6.19. The fourth-order valence-electron chi connectivity index (χ4n) is 3.07. The van der Waals surface area contributed by atoms with Crippen molar-refractivity contribution >= 4 is 0 Å². The maximum Gasteiger partial charge on any atom is 0.0211 e. The van der Waals surface area contributed by atoms with Crippen LogP contribution in [0, 0.1) is 6.92 Å². The van der Waals surface area contributed by atoms with Crippen LogP contribution in [0.15, 0.2) is 42.5 Å². The highest BCUT2D eigenvalue weighted by Crippen LogP contribution is 2.38. The molecular formula is C20H25N. The quantitative estimate of drug-likeness (QED) is 0.808. The van der Waals surface area contributed by atoms with E-state index in [0.29, 0.717) is 0 Å². The highest BCUT2D eigenvalue weighted by Gasteiger charge is 2.19. The average Bonchev–Trinajstić information content (AvgIpc) is 2.44. The molecule has 0 amide bonds. The second-order valence-corrected chi connectivity index (χ2v) is 6.19. The summed E-state index contributed by atoms with van der Waals surface area (Å²) in [6.07, 6.45) is 4.12. The number of benzene rings is 2. The van der Waals surface area contributed by atoms with Gasteiger partial charge >= 0.3 is 0 Å². The van der Waals surface area contributed by atoms with Crippen LogP contribution in [0.5, 0.6) is 0 Å². The molecule has 1 aliphatic carbocycles. The molecule has 2 aromatic rings. The van der Waals surface area contributed by atoms with E-state index in [9.17, 15) is 0 Å². The summed E-state index contributed by atoms with van der Waals surface area (Å²) in [7, 11) is 0. The molecule has 21 heavy (non-hydrogen) atoms. The lowest BCUT2D eigenvalue weighted by molar-refractivity contribution is 0.420. The normalized spacial score (nSPS) is 15.0. The van der Waals surface area contributed by atoms with Crippen molar-refractivity contribution in [3.8, 4) is 11.1 Å². The smallest absolute Gasteiger partial charge is 0.0211 e. The van der Waals surface area contributed by atoms with Crippen LogP contribution in [0.1, 0.15) is 48.8 Å². The Balaban J connectivity index is 1.96. The molecule has 2 aromatic carbocycles. The third kappa shape index (κ3) is 3.19. The van der Waals surface area contributed by atoms with Crippen LogP contribution in [0.3, 0.4) is 0 Å². The summed E-state index contributed by atoms with van der Waals surface area (Å²) in [5.41, 5.74) is 7.01. The minimum Gasteiger partial charge on any atom is -0.313 e. The van der Waals surface area contributed by atoms with Gasteiger partial charge in [-0.15, -0.1) is 0 Å². The minimum absolute atomic E-state index is 0.798. The second kappa shape index (κ2) is 6.44. The largest absolute Gasteiger partial charge is 0.313 e. The summed E-state index contributed by atoms with van der Waals surface area (Å²) >= 11 is 0. The van der Waals surface area contributed by atoms with Gasteiger partial charge in [0.2, 0.25) is 0 Å². The predicted octanol–water partition coefficient (Wildman–Crippen LogP) is 5.04. The van der Waals surface area contributed by atoms with Crippen molar-refractivity contribution in [3.05, 3.63) is 59.2 Å². The van der Waals surface area contributed by atoms with Crippen molar-refractivity contribution in [2.75, 3.05) is 6.54 Å². The van der Waals surface area contributed by atoms with E-state index in [4.69, 9.17) is 0 Å². The summed E-state index contributed by atoms with van der Waals surface area (Å²) in [5, 5.41) is 3.45. The van der Waals surface area contributed by atoms with E-state index >= 15 is 0 Å². The Hall–Kier alpha value is -1.60. The first-order valence-electron chi connectivity index (χ1n) is 8.18. The van der Waals surface area contributed by atoms with Crippen LogP contribution in [-0.2, 0) is 6.54 Å².